The van der Waals surface area contributed by atoms with Crippen molar-refractivity contribution in [2.24, 2.45) is 10.2 Å². The molecule has 0 atom stereocenters. The molecule has 0 radical (unpaired) electrons. The molecule has 0 aliphatic carbocycles. The van der Waals surface area contributed by atoms with Gasteiger partial charge in [-0.15, -0.1) is 16.4 Å². The second-order valence-corrected chi connectivity index (χ2v) is 6.71. The van der Waals surface area contributed by atoms with Gasteiger partial charge in [0.15, 0.2) is 0 Å². The number of hydrogen-bond acceptors (Lipinski definition) is 5. The van der Waals surface area contributed by atoms with Crippen molar-refractivity contribution in [3.8, 4) is 17.0 Å². The van der Waals surface area contributed by atoms with E-state index in [4.69, 9.17) is 4.42 Å². The number of aromatic nitrogens is 1. The molecule has 0 unspecified atom stereocenters. The molecule has 0 saturated carbocycles. The molecule has 0 saturated heterocycles. The van der Waals surface area contributed by atoms with Crippen LogP contribution in [-0.4, -0.2) is 15.9 Å². The number of hydrogen-bond donors (Lipinski definition) is 1. The number of phenols is 1. The molecule has 4 aromatic rings. The number of aromatic hydroxyl groups is 1. The summed E-state index contributed by atoms with van der Waals surface area (Å²) in [6, 6.07) is 20.8. The molecule has 0 spiro atoms. The molecule has 0 fully saturated rings. The summed E-state index contributed by atoms with van der Waals surface area (Å²) in [7, 11) is 0. The van der Waals surface area contributed by atoms with Crippen molar-refractivity contribution in [3.63, 3.8) is 0 Å². The smallest absolute Gasteiger partial charge is 0.211 e. The van der Waals surface area contributed by atoms with Gasteiger partial charge in [0, 0.05) is 5.38 Å². The summed E-state index contributed by atoms with van der Waals surface area (Å²) in [6.07, 6.45) is 3.34. The summed E-state index contributed by atoms with van der Waals surface area (Å²) < 4.78 is 7.61. The van der Waals surface area contributed by atoms with E-state index >= 15 is 0 Å². The van der Waals surface area contributed by atoms with Crippen molar-refractivity contribution >= 4 is 17.6 Å². The standard InChI is InChI=1S/C21H17N3O2S/c25-18-10-8-16(9-11-18)13-22-23-21-24(14-19-7-4-12-26-19)20(15-27-21)17-5-2-1-3-6-17/h1-13,15,25H,14H2/b22-13-,23-21+. The van der Waals surface area contributed by atoms with E-state index in [2.05, 4.69) is 32.3 Å². The van der Waals surface area contributed by atoms with Gasteiger partial charge in [-0.1, -0.05) is 30.3 Å². The van der Waals surface area contributed by atoms with Gasteiger partial charge in [0.2, 0.25) is 4.80 Å². The summed E-state index contributed by atoms with van der Waals surface area (Å²) in [6.45, 7) is 0.578. The van der Waals surface area contributed by atoms with Crippen LogP contribution in [0.3, 0.4) is 0 Å². The highest BCUT2D eigenvalue weighted by molar-refractivity contribution is 7.07. The average molecular weight is 375 g/mol. The Balaban J connectivity index is 1.71. The van der Waals surface area contributed by atoms with Crippen molar-refractivity contribution in [2.75, 3.05) is 0 Å². The first-order valence-corrected chi connectivity index (χ1v) is 9.30. The van der Waals surface area contributed by atoms with E-state index in [0.717, 1.165) is 27.4 Å². The molecule has 0 bridgehead atoms. The Labute approximate surface area is 160 Å². The van der Waals surface area contributed by atoms with E-state index in [1.54, 1.807) is 36.7 Å². The predicted octanol–water partition coefficient (Wildman–Crippen LogP) is 4.50. The lowest BCUT2D eigenvalue weighted by Gasteiger charge is -2.07. The zero-order valence-corrected chi connectivity index (χ0v) is 15.2. The summed E-state index contributed by atoms with van der Waals surface area (Å²) in [5.41, 5.74) is 3.05. The Kier molecular flexibility index (Phi) is 4.98. The van der Waals surface area contributed by atoms with Crippen LogP contribution < -0.4 is 4.80 Å². The normalized spacial score (nSPS) is 12.1. The fourth-order valence-corrected chi connectivity index (χ4v) is 3.53. The number of rotatable bonds is 5. The number of phenolic OH excluding ortho intramolecular Hbond substituents is 1. The maximum atomic E-state index is 9.35. The van der Waals surface area contributed by atoms with Crippen molar-refractivity contribution in [1.29, 1.82) is 0 Å². The van der Waals surface area contributed by atoms with E-state index < -0.39 is 0 Å². The van der Waals surface area contributed by atoms with Gasteiger partial charge in [0.05, 0.1) is 24.7 Å². The number of thiazole rings is 1. The molecule has 0 amide bonds. The van der Waals surface area contributed by atoms with Crippen LogP contribution in [0.25, 0.3) is 11.3 Å². The SMILES string of the molecule is Oc1ccc(/C=N\N=c2\scc(-c3ccccc3)n2Cc2ccco2)cc1. The Morgan fingerprint density at radius 3 is 2.56 bits per heavy atom. The van der Waals surface area contributed by atoms with Crippen LogP contribution >= 0.6 is 11.3 Å². The van der Waals surface area contributed by atoms with Gasteiger partial charge >= 0.3 is 0 Å². The Hall–Kier alpha value is -3.38. The predicted molar refractivity (Wildman–Crippen MR) is 107 cm³/mol. The van der Waals surface area contributed by atoms with Crippen LogP contribution in [0.5, 0.6) is 5.75 Å². The first-order valence-electron chi connectivity index (χ1n) is 8.42. The Morgan fingerprint density at radius 1 is 1.00 bits per heavy atom. The van der Waals surface area contributed by atoms with Crippen LogP contribution in [0.2, 0.25) is 0 Å². The minimum absolute atomic E-state index is 0.228. The molecule has 27 heavy (non-hydrogen) atoms. The van der Waals surface area contributed by atoms with Gasteiger partial charge in [0.1, 0.15) is 11.5 Å². The Morgan fingerprint density at radius 2 is 1.81 bits per heavy atom. The number of benzene rings is 2. The maximum absolute atomic E-state index is 9.35. The first-order chi connectivity index (χ1) is 13.3. The molecule has 0 aliphatic heterocycles. The maximum Gasteiger partial charge on any atom is 0.211 e. The van der Waals surface area contributed by atoms with E-state index in [-0.39, 0.29) is 5.75 Å². The van der Waals surface area contributed by atoms with Gasteiger partial charge in [-0.05, 0) is 47.5 Å². The zero-order chi connectivity index (χ0) is 18.5. The second kappa shape index (κ2) is 7.88. The van der Waals surface area contributed by atoms with Gasteiger partial charge in [-0.3, -0.25) is 0 Å². The van der Waals surface area contributed by atoms with Crippen LogP contribution in [0.4, 0.5) is 0 Å². The lowest BCUT2D eigenvalue weighted by molar-refractivity contribution is 0.475. The van der Waals surface area contributed by atoms with Crippen LogP contribution in [0, 0.1) is 0 Å². The van der Waals surface area contributed by atoms with Gasteiger partial charge in [0.25, 0.3) is 0 Å². The highest BCUT2D eigenvalue weighted by Gasteiger charge is 2.09. The molecule has 5 nitrogen and oxygen atoms in total. The third-order valence-corrected chi connectivity index (χ3v) is 4.86. The van der Waals surface area contributed by atoms with Gasteiger partial charge in [-0.2, -0.15) is 5.10 Å². The molecular formula is C21H17N3O2S. The van der Waals surface area contributed by atoms with Gasteiger partial charge in [-0.25, -0.2) is 0 Å². The van der Waals surface area contributed by atoms with E-state index in [1.807, 2.05) is 30.3 Å². The molecule has 2 aromatic heterocycles. The topological polar surface area (TPSA) is 63.0 Å². The fraction of sp³-hybridized carbons (Fsp3) is 0.0476. The lowest BCUT2D eigenvalue weighted by atomic mass is 10.2. The molecule has 0 aliphatic rings. The highest BCUT2D eigenvalue weighted by Crippen LogP contribution is 2.21. The van der Waals surface area contributed by atoms with Crippen LogP contribution in [-0.2, 0) is 6.54 Å². The second-order valence-electron chi connectivity index (χ2n) is 5.87. The largest absolute Gasteiger partial charge is 0.508 e. The molecule has 2 heterocycles. The summed E-state index contributed by atoms with van der Waals surface area (Å²) in [5.74, 6) is 1.08. The molecule has 134 valence electrons. The summed E-state index contributed by atoms with van der Waals surface area (Å²) in [4.78, 5) is 0.778. The van der Waals surface area contributed by atoms with Gasteiger partial charge < -0.3 is 14.1 Å². The average Bonchev–Trinajstić information content (AvgIpc) is 3.35. The van der Waals surface area contributed by atoms with E-state index in [1.165, 1.54) is 11.3 Å². The number of furan rings is 1. The molecule has 2 aromatic carbocycles. The van der Waals surface area contributed by atoms with Crippen molar-refractivity contribution < 1.29 is 9.52 Å². The van der Waals surface area contributed by atoms with E-state index in [0.29, 0.717) is 6.54 Å². The summed E-state index contributed by atoms with van der Waals surface area (Å²) in [5, 5.41) is 20.0. The third-order valence-electron chi connectivity index (χ3n) is 4.00. The molecule has 4 rings (SSSR count). The van der Waals surface area contributed by atoms with Crippen LogP contribution in [0.15, 0.2) is 93.0 Å². The summed E-state index contributed by atoms with van der Waals surface area (Å²) >= 11 is 1.53. The monoisotopic (exact) mass is 375 g/mol. The number of nitrogens with zero attached hydrogens (tertiary/aromatic N) is 3. The highest BCUT2D eigenvalue weighted by atomic mass is 32.1. The lowest BCUT2D eigenvalue weighted by Crippen LogP contribution is -2.16. The molecule has 1 N–H and O–H groups in total. The minimum atomic E-state index is 0.228. The molecule has 6 heteroatoms. The van der Waals surface area contributed by atoms with Crippen molar-refractivity contribution in [1.82, 2.24) is 4.57 Å². The van der Waals surface area contributed by atoms with Crippen molar-refractivity contribution in [3.05, 3.63) is 94.5 Å². The zero-order valence-electron chi connectivity index (χ0n) is 14.4. The fourth-order valence-electron chi connectivity index (χ4n) is 2.67. The third kappa shape index (κ3) is 4.07. The quantitative estimate of drug-likeness (QED) is 0.412. The van der Waals surface area contributed by atoms with Crippen LogP contribution in [0.1, 0.15) is 11.3 Å². The van der Waals surface area contributed by atoms with Crippen molar-refractivity contribution in [2.45, 2.75) is 6.54 Å². The minimum Gasteiger partial charge on any atom is -0.508 e. The molecular weight excluding hydrogens is 358 g/mol. The van der Waals surface area contributed by atoms with E-state index in [9.17, 15) is 5.11 Å². The first kappa shape index (κ1) is 17.1. The Bertz CT molecular complexity index is 1090.